The average Bonchev–Trinajstić information content (AvgIpc) is 2.64. The zero-order valence-electron chi connectivity index (χ0n) is 14.3. The molecule has 26 heavy (non-hydrogen) atoms. The van der Waals surface area contributed by atoms with Crippen LogP contribution in [0, 0.1) is 0 Å². The van der Waals surface area contributed by atoms with Gasteiger partial charge in [0.1, 0.15) is 18.2 Å². The summed E-state index contributed by atoms with van der Waals surface area (Å²) >= 11 is 0. The molecule has 0 aliphatic rings. The summed E-state index contributed by atoms with van der Waals surface area (Å²) in [6.45, 7) is 7.38. The van der Waals surface area contributed by atoms with Gasteiger partial charge >= 0.3 is 11.9 Å². The maximum Gasteiger partial charge on any atom is 0.330 e. The maximum absolute atomic E-state index is 11.2. The first-order valence-corrected chi connectivity index (χ1v) is 7.94. The quantitative estimate of drug-likeness (QED) is 0.418. The summed E-state index contributed by atoms with van der Waals surface area (Å²) in [5, 5.41) is 0.809. The highest BCUT2D eigenvalue weighted by Crippen LogP contribution is 2.25. The predicted octanol–water partition coefficient (Wildman–Crippen LogP) is 2.54. The molecule has 1 aromatic carbocycles. The third-order valence-electron chi connectivity index (χ3n) is 3.39. The smallest absolute Gasteiger partial charge is 0.330 e. The minimum Gasteiger partial charge on any atom is -0.493 e. The van der Waals surface area contributed by atoms with E-state index in [1.807, 2.05) is 6.07 Å². The summed E-state index contributed by atoms with van der Waals surface area (Å²) in [6, 6.07) is 7.02. The molecule has 0 radical (unpaired) electrons. The van der Waals surface area contributed by atoms with E-state index in [0.29, 0.717) is 30.1 Å². The SMILES string of the molecule is C=CC(=O)OCCCOc1ccc2c(COC(=O)C=C)cc(N)nc2c1. The molecule has 7 nitrogen and oxygen atoms in total. The van der Waals surface area contributed by atoms with E-state index in [1.165, 1.54) is 0 Å². The van der Waals surface area contributed by atoms with Crippen LogP contribution >= 0.6 is 0 Å². The van der Waals surface area contributed by atoms with Gasteiger partial charge in [0.2, 0.25) is 0 Å². The highest BCUT2D eigenvalue weighted by molar-refractivity contribution is 5.86. The Morgan fingerprint density at radius 3 is 2.54 bits per heavy atom. The molecule has 0 atom stereocenters. The number of esters is 2. The third-order valence-corrected chi connectivity index (χ3v) is 3.39. The van der Waals surface area contributed by atoms with Crippen molar-refractivity contribution in [3.8, 4) is 5.75 Å². The normalized spacial score (nSPS) is 10.2. The van der Waals surface area contributed by atoms with Gasteiger partial charge in [-0.2, -0.15) is 0 Å². The molecule has 0 aliphatic heterocycles. The number of nitrogens with two attached hydrogens (primary N) is 1. The van der Waals surface area contributed by atoms with Crippen molar-refractivity contribution >= 4 is 28.7 Å². The molecule has 7 heteroatoms. The van der Waals surface area contributed by atoms with E-state index < -0.39 is 11.9 Å². The van der Waals surface area contributed by atoms with Gasteiger partial charge in [-0.05, 0) is 18.2 Å². The number of nitrogen functional groups attached to an aromatic ring is 1. The Morgan fingerprint density at radius 2 is 1.81 bits per heavy atom. The summed E-state index contributed by atoms with van der Waals surface area (Å²) in [6.07, 6.45) is 2.76. The molecule has 0 amide bonds. The van der Waals surface area contributed by atoms with Crippen molar-refractivity contribution in [2.75, 3.05) is 18.9 Å². The number of pyridine rings is 1. The van der Waals surface area contributed by atoms with Gasteiger partial charge in [-0.25, -0.2) is 14.6 Å². The maximum atomic E-state index is 11.2. The number of ether oxygens (including phenoxy) is 3. The van der Waals surface area contributed by atoms with Gasteiger partial charge in [0.15, 0.2) is 0 Å². The van der Waals surface area contributed by atoms with E-state index in [9.17, 15) is 9.59 Å². The minimum atomic E-state index is -0.509. The van der Waals surface area contributed by atoms with Gasteiger partial charge in [-0.1, -0.05) is 13.2 Å². The van der Waals surface area contributed by atoms with E-state index in [0.717, 1.165) is 23.1 Å². The summed E-state index contributed by atoms with van der Waals surface area (Å²) < 4.78 is 15.6. The highest BCUT2D eigenvalue weighted by atomic mass is 16.5. The molecule has 0 bridgehead atoms. The fourth-order valence-electron chi connectivity index (χ4n) is 2.20. The zero-order valence-corrected chi connectivity index (χ0v) is 14.3. The average molecular weight is 356 g/mol. The van der Waals surface area contributed by atoms with Gasteiger partial charge in [-0.3, -0.25) is 0 Å². The molecule has 0 spiro atoms. The number of fused-ring (bicyclic) bond motifs is 1. The fourth-order valence-corrected chi connectivity index (χ4v) is 2.20. The summed E-state index contributed by atoms with van der Waals surface area (Å²) in [5.74, 6) is -0.0407. The van der Waals surface area contributed by atoms with Crippen LogP contribution in [0.3, 0.4) is 0 Å². The van der Waals surface area contributed by atoms with Crippen molar-refractivity contribution < 1.29 is 23.8 Å². The fraction of sp³-hybridized carbons (Fsp3) is 0.211. The molecule has 0 saturated heterocycles. The van der Waals surface area contributed by atoms with Crippen molar-refractivity contribution in [1.82, 2.24) is 4.98 Å². The van der Waals surface area contributed by atoms with Crippen LogP contribution in [0.5, 0.6) is 5.75 Å². The van der Waals surface area contributed by atoms with E-state index in [1.54, 1.807) is 18.2 Å². The van der Waals surface area contributed by atoms with Gasteiger partial charge in [0.25, 0.3) is 0 Å². The van der Waals surface area contributed by atoms with Crippen molar-refractivity contribution in [1.29, 1.82) is 0 Å². The molecule has 0 fully saturated rings. The van der Waals surface area contributed by atoms with E-state index in [2.05, 4.69) is 18.1 Å². The van der Waals surface area contributed by atoms with E-state index in [4.69, 9.17) is 19.9 Å². The summed E-state index contributed by atoms with van der Waals surface area (Å²) in [4.78, 5) is 26.5. The zero-order chi connectivity index (χ0) is 18.9. The lowest BCUT2D eigenvalue weighted by molar-refractivity contribution is -0.139. The number of hydrogen-bond donors (Lipinski definition) is 1. The van der Waals surface area contributed by atoms with Crippen LogP contribution in [0.2, 0.25) is 0 Å². The van der Waals surface area contributed by atoms with Gasteiger partial charge in [0.05, 0.1) is 18.7 Å². The van der Waals surface area contributed by atoms with Crippen LogP contribution in [-0.4, -0.2) is 30.1 Å². The Hall–Kier alpha value is -3.35. The second-order valence-corrected chi connectivity index (χ2v) is 5.27. The Balaban J connectivity index is 2.03. The predicted molar refractivity (Wildman–Crippen MR) is 97.4 cm³/mol. The second kappa shape index (κ2) is 9.22. The van der Waals surface area contributed by atoms with E-state index >= 15 is 0 Å². The van der Waals surface area contributed by atoms with Crippen molar-refractivity contribution in [3.63, 3.8) is 0 Å². The Kier molecular flexibility index (Phi) is 6.73. The topological polar surface area (TPSA) is 101 Å². The number of aromatic nitrogens is 1. The lowest BCUT2D eigenvalue weighted by Crippen LogP contribution is -2.06. The first-order valence-electron chi connectivity index (χ1n) is 7.94. The molecule has 2 aromatic rings. The van der Waals surface area contributed by atoms with Crippen LogP contribution in [0.1, 0.15) is 12.0 Å². The highest BCUT2D eigenvalue weighted by Gasteiger charge is 2.08. The molecule has 136 valence electrons. The number of carbonyl (C=O) groups excluding carboxylic acids is 2. The molecular formula is C19H20N2O5. The Bertz CT molecular complexity index is 832. The van der Waals surface area contributed by atoms with E-state index in [-0.39, 0.29) is 13.2 Å². The molecule has 0 unspecified atom stereocenters. The lowest BCUT2D eigenvalue weighted by atomic mass is 10.1. The van der Waals surface area contributed by atoms with Crippen molar-refractivity contribution in [2.24, 2.45) is 0 Å². The van der Waals surface area contributed by atoms with Crippen LogP contribution in [0.15, 0.2) is 49.6 Å². The minimum absolute atomic E-state index is 0.0724. The Morgan fingerprint density at radius 1 is 1.08 bits per heavy atom. The molecule has 2 N–H and O–H groups in total. The molecule has 2 rings (SSSR count). The van der Waals surface area contributed by atoms with Crippen LogP contribution < -0.4 is 10.5 Å². The van der Waals surface area contributed by atoms with Crippen molar-refractivity contribution in [3.05, 3.63) is 55.1 Å². The molecule has 1 aromatic heterocycles. The monoisotopic (exact) mass is 356 g/mol. The Labute approximate surface area is 151 Å². The lowest BCUT2D eigenvalue weighted by Gasteiger charge is -2.10. The number of hydrogen-bond acceptors (Lipinski definition) is 7. The second-order valence-electron chi connectivity index (χ2n) is 5.27. The third kappa shape index (κ3) is 5.34. The first kappa shape index (κ1) is 19.0. The van der Waals surface area contributed by atoms with Crippen molar-refractivity contribution in [2.45, 2.75) is 13.0 Å². The van der Waals surface area contributed by atoms with Gasteiger partial charge < -0.3 is 19.9 Å². The number of anilines is 1. The van der Waals surface area contributed by atoms with Crippen LogP contribution in [0.25, 0.3) is 10.9 Å². The number of rotatable bonds is 9. The largest absolute Gasteiger partial charge is 0.493 e. The van der Waals surface area contributed by atoms with Gasteiger partial charge in [0, 0.05) is 35.6 Å². The van der Waals surface area contributed by atoms with Gasteiger partial charge in [-0.15, -0.1) is 0 Å². The molecule has 0 aliphatic carbocycles. The van der Waals surface area contributed by atoms with Crippen LogP contribution in [-0.2, 0) is 25.7 Å². The number of benzene rings is 1. The molecule has 0 saturated carbocycles. The van der Waals surface area contributed by atoms with Crippen LogP contribution in [0.4, 0.5) is 5.82 Å². The molecule has 1 heterocycles. The summed E-state index contributed by atoms with van der Waals surface area (Å²) in [5.41, 5.74) is 7.20. The summed E-state index contributed by atoms with van der Waals surface area (Å²) in [7, 11) is 0. The molecular weight excluding hydrogens is 336 g/mol. The standard InChI is InChI=1S/C19H20N2O5/c1-3-18(22)25-9-5-8-24-14-6-7-15-13(12-26-19(23)4-2)10-17(20)21-16(15)11-14/h3-4,6-7,10-11H,1-2,5,8-9,12H2,(H2,20,21). The number of carbonyl (C=O) groups is 2. The number of nitrogens with zero attached hydrogens (tertiary/aromatic N) is 1. The first-order chi connectivity index (χ1) is 12.5.